The number of allylic oxidation sites excluding steroid dienone is 1. The van der Waals surface area contributed by atoms with Gasteiger partial charge in [-0.3, -0.25) is 23.9 Å². The van der Waals surface area contributed by atoms with Gasteiger partial charge in [0.2, 0.25) is 21.8 Å². The van der Waals surface area contributed by atoms with Crippen molar-refractivity contribution in [1.82, 2.24) is 30.1 Å². The van der Waals surface area contributed by atoms with Crippen LogP contribution in [0.3, 0.4) is 0 Å². The number of likely N-dealkylation sites (tertiary alicyclic amines) is 1. The van der Waals surface area contributed by atoms with Crippen molar-refractivity contribution in [1.29, 1.82) is 0 Å². The van der Waals surface area contributed by atoms with Crippen LogP contribution in [0.15, 0.2) is 60.7 Å². The summed E-state index contributed by atoms with van der Waals surface area (Å²) in [5, 5.41) is 5.85. The smallest absolute Gasteiger partial charge is 0.408 e. The molecule has 5 aliphatic rings. The summed E-state index contributed by atoms with van der Waals surface area (Å²) in [5.41, 5.74) is -0.102. The molecule has 0 radical (unpaired) electrons. The average molecular weight is 885 g/mol. The van der Waals surface area contributed by atoms with Crippen molar-refractivity contribution in [3.05, 3.63) is 66.4 Å². The molecule has 2 aromatic carbocycles. The van der Waals surface area contributed by atoms with Gasteiger partial charge in [0.15, 0.2) is 0 Å². The summed E-state index contributed by atoms with van der Waals surface area (Å²) < 4.78 is 44.8. The van der Waals surface area contributed by atoms with Gasteiger partial charge >= 0.3 is 6.09 Å². The normalized spacial score (nSPS) is 26.8. The number of fused-ring (bicyclic) bond motifs is 5. The Bertz CT molecular complexity index is 2470. The number of nitrogens with zero attached hydrogens (tertiary/aromatic N) is 3. The predicted octanol–water partition coefficient (Wildman–Crippen LogP) is 4.71. The summed E-state index contributed by atoms with van der Waals surface area (Å²) >= 11 is 0. The van der Waals surface area contributed by atoms with Crippen LogP contribution in [0.2, 0.25) is 0 Å². The van der Waals surface area contributed by atoms with E-state index in [0.717, 1.165) is 29.4 Å². The highest BCUT2D eigenvalue weighted by atomic mass is 32.2. The fourth-order valence-electron chi connectivity index (χ4n) is 9.32. The van der Waals surface area contributed by atoms with Crippen LogP contribution < -0.4 is 24.8 Å². The van der Waals surface area contributed by atoms with Crippen molar-refractivity contribution < 1.29 is 46.6 Å². The van der Waals surface area contributed by atoms with Crippen LogP contribution in [0.4, 0.5) is 4.79 Å². The first kappa shape index (κ1) is 43.9. The van der Waals surface area contributed by atoms with Gasteiger partial charge in [-0.05, 0) is 101 Å². The highest BCUT2D eigenvalue weighted by molar-refractivity contribution is 7.91. The first-order valence-corrected chi connectivity index (χ1v) is 23.3. The van der Waals surface area contributed by atoms with E-state index in [0.29, 0.717) is 49.1 Å². The summed E-state index contributed by atoms with van der Waals surface area (Å²) in [7, 11) is -0.804. The summed E-state index contributed by atoms with van der Waals surface area (Å²) in [6.07, 6.45) is 7.22. The fourth-order valence-corrected chi connectivity index (χ4v) is 10.7. The van der Waals surface area contributed by atoms with Crippen LogP contribution >= 0.6 is 0 Å². The van der Waals surface area contributed by atoms with Gasteiger partial charge in [-0.2, -0.15) is 0 Å². The lowest BCUT2D eigenvalue weighted by Gasteiger charge is -2.33. The molecule has 3 aromatic rings. The second-order valence-corrected chi connectivity index (χ2v) is 20.4. The maximum atomic E-state index is 14.9. The van der Waals surface area contributed by atoms with E-state index < -0.39 is 74.1 Å². The molecular weight excluding hydrogens is 829 g/mol. The molecule has 3 aliphatic heterocycles. The third kappa shape index (κ3) is 9.20. The van der Waals surface area contributed by atoms with E-state index in [1.54, 1.807) is 52.0 Å². The molecule has 0 unspecified atom stereocenters. The van der Waals surface area contributed by atoms with Gasteiger partial charge in [0.25, 0.3) is 11.8 Å². The van der Waals surface area contributed by atoms with Crippen molar-refractivity contribution in [3.8, 4) is 22.6 Å². The number of rotatable bonds is 8. The number of carbonyl (C=O) groups is 5. The number of pyridine rings is 1. The molecule has 2 saturated heterocycles. The molecule has 3 N–H and O–H groups in total. The fraction of sp³-hybridized carbons (Fsp3) is 0.522. The summed E-state index contributed by atoms with van der Waals surface area (Å²) in [6, 6.07) is 12.6. The van der Waals surface area contributed by atoms with Gasteiger partial charge in [0.1, 0.15) is 40.4 Å². The van der Waals surface area contributed by atoms with Gasteiger partial charge in [0.05, 0.1) is 25.0 Å². The molecular formula is C46H56N6O10S. The zero-order valence-corrected chi connectivity index (χ0v) is 37.2. The number of benzene rings is 2. The van der Waals surface area contributed by atoms with Crippen LogP contribution in [0, 0.1) is 17.8 Å². The number of sulfonamides is 1. The van der Waals surface area contributed by atoms with E-state index in [9.17, 15) is 32.4 Å². The Morgan fingerprint density at radius 1 is 0.921 bits per heavy atom. The van der Waals surface area contributed by atoms with Gasteiger partial charge < -0.3 is 34.6 Å². The van der Waals surface area contributed by atoms with Crippen LogP contribution in [-0.4, -0.2) is 115 Å². The Morgan fingerprint density at radius 2 is 1.68 bits per heavy atom. The van der Waals surface area contributed by atoms with Crippen molar-refractivity contribution in [2.75, 3.05) is 33.9 Å². The van der Waals surface area contributed by atoms with Crippen molar-refractivity contribution in [3.63, 3.8) is 0 Å². The highest BCUT2D eigenvalue weighted by Gasteiger charge is 2.63. The minimum Gasteiger partial charge on any atom is -0.497 e. The minimum atomic E-state index is -3.94. The SMILES string of the molecule is COc1cccc(-c2cc(C(=O)N3C[C@H]4CN5C(=O)[C@H](NC(=O)OC(C)(C)C)CCCCC/C=C\[C@@H]6C[C@@]6(C(=O)NS(=O)(=O)C6CC6)NC(=O)[C@@H]5[C@H]4C3)nc3cc(OC)ccc23)c1. The monoisotopic (exact) mass is 884 g/mol. The molecule has 8 rings (SSSR count). The van der Waals surface area contributed by atoms with E-state index in [4.69, 9.17) is 19.2 Å². The summed E-state index contributed by atoms with van der Waals surface area (Å²) in [6.45, 7) is 5.55. The molecule has 5 amide bonds. The van der Waals surface area contributed by atoms with Gasteiger partial charge in [-0.15, -0.1) is 0 Å². The number of nitrogens with one attached hydrogen (secondary N) is 3. The van der Waals surface area contributed by atoms with Crippen LogP contribution in [0.25, 0.3) is 22.0 Å². The zero-order valence-electron chi connectivity index (χ0n) is 36.3. The van der Waals surface area contributed by atoms with Crippen molar-refractivity contribution in [2.45, 2.75) is 101 Å². The quantitative estimate of drug-likeness (QED) is 0.265. The Morgan fingerprint density at radius 3 is 2.41 bits per heavy atom. The molecule has 63 heavy (non-hydrogen) atoms. The number of alkyl carbamates (subject to hydrolysis) is 1. The number of ether oxygens (including phenoxy) is 3. The second-order valence-electron chi connectivity index (χ2n) is 18.5. The maximum absolute atomic E-state index is 14.9. The molecule has 336 valence electrons. The van der Waals surface area contributed by atoms with Crippen molar-refractivity contribution >= 4 is 50.6 Å². The molecule has 17 heteroatoms. The van der Waals surface area contributed by atoms with Crippen LogP contribution in [0.1, 0.15) is 82.6 Å². The molecule has 0 bridgehead atoms. The van der Waals surface area contributed by atoms with E-state index >= 15 is 0 Å². The van der Waals surface area contributed by atoms with Gasteiger partial charge in [0, 0.05) is 48.8 Å². The molecule has 4 heterocycles. The third-order valence-electron chi connectivity index (χ3n) is 12.8. The molecule has 16 nitrogen and oxygen atoms in total. The first-order valence-electron chi connectivity index (χ1n) is 21.8. The number of aromatic nitrogens is 1. The van der Waals surface area contributed by atoms with Crippen LogP contribution in [-0.2, 0) is 29.1 Å². The van der Waals surface area contributed by atoms with E-state index in [-0.39, 0.29) is 43.6 Å². The van der Waals surface area contributed by atoms with Gasteiger partial charge in [-0.1, -0.05) is 37.1 Å². The highest BCUT2D eigenvalue weighted by Crippen LogP contribution is 2.47. The Kier molecular flexibility index (Phi) is 11.9. The number of hydrogen-bond acceptors (Lipinski definition) is 11. The Balaban J connectivity index is 1.13. The molecule has 2 aliphatic carbocycles. The van der Waals surface area contributed by atoms with E-state index in [2.05, 4.69) is 15.4 Å². The Hall–Kier alpha value is -5.71. The Labute approximate surface area is 367 Å². The lowest BCUT2D eigenvalue weighted by atomic mass is 9.93. The maximum Gasteiger partial charge on any atom is 0.408 e. The van der Waals surface area contributed by atoms with E-state index in [1.807, 2.05) is 48.6 Å². The topological polar surface area (TPSA) is 203 Å². The molecule has 2 saturated carbocycles. The van der Waals surface area contributed by atoms with Crippen molar-refractivity contribution in [2.24, 2.45) is 17.8 Å². The van der Waals surface area contributed by atoms with E-state index in [1.165, 1.54) is 4.90 Å². The number of methoxy groups -OCH3 is 2. The first-order chi connectivity index (χ1) is 30.0. The van der Waals surface area contributed by atoms with Gasteiger partial charge in [-0.25, -0.2) is 18.2 Å². The zero-order chi connectivity index (χ0) is 44.8. The number of carbonyl (C=O) groups excluding carboxylic acids is 5. The number of amides is 5. The standard InChI is InChI=1S/C46H56N6O10S/c1-45(2,3)62-44(57)48-36-15-10-8-6-7-9-13-29-23-46(29,43(56)50-63(58,59)32-17-18-32)49-40(53)39-35-26-51(24-28(35)25-52(39)42(36)55)41(54)38-22-34(27-12-11-14-30(20-27)60-4)33-19-16-31(61-5)21-37(33)47-38/h9,11-14,16,19-22,28-29,32,35-36,39H,6-8,10,15,17-18,23-26H2,1-5H3,(H,48,57)(H,49,53)(H,50,56)/b13-9-/t28-,29+,35-,36+,39-,46+/m0/s1. The second kappa shape index (κ2) is 17.1. The molecule has 0 spiro atoms. The minimum absolute atomic E-state index is 0.0838. The lowest BCUT2D eigenvalue weighted by molar-refractivity contribution is -0.142. The summed E-state index contributed by atoms with van der Waals surface area (Å²) in [5.74, 6) is -2.49. The lowest BCUT2D eigenvalue weighted by Crippen LogP contribution is -2.60. The molecule has 6 atom stereocenters. The molecule has 1 aromatic heterocycles. The average Bonchev–Trinajstić information content (AvgIpc) is 4.15. The number of hydrogen-bond donors (Lipinski definition) is 3. The largest absolute Gasteiger partial charge is 0.497 e. The molecule has 4 fully saturated rings. The third-order valence-corrected chi connectivity index (χ3v) is 14.6. The predicted molar refractivity (Wildman–Crippen MR) is 233 cm³/mol. The van der Waals surface area contributed by atoms with Crippen LogP contribution in [0.5, 0.6) is 11.5 Å². The summed E-state index contributed by atoms with van der Waals surface area (Å²) in [4.78, 5) is 79.3.